The van der Waals surface area contributed by atoms with E-state index in [-0.39, 0.29) is 5.91 Å². The molecule has 1 aromatic carbocycles. The molecule has 0 bridgehead atoms. The molecule has 1 aliphatic heterocycles. The Morgan fingerprint density at radius 1 is 1.29 bits per heavy atom. The fourth-order valence-corrected chi connectivity index (χ4v) is 3.18. The number of likely N-dealkylation sites (tertiary alicyclic amines) is 1. The van der Waals surface area contributed by atoms with Crippen molar-refractivity contribution < 1.29 is 4.79 Å². The first-order valence-corrected chi connectivity index (χ1v) is 8.00. The van der Waals surface area contributed by atoms with Crippen LogP contribution in [0.25, 0.3) is 0 Å². The lowest BCUT2D eigenvalue weighted by Crippen LogP contribution is -2.32. The zero-order valence-corrected chi connectivity index (χ0v) is 13.6. The van der Waals surface area contributed by atoms with Crippen LogP contribution in [0.4, 0.5) is 0 Å². The van der Waals surface area contributed by atoms with Gasteiger partial charge in [-0.2, -0.15) is 0 Å². The molecule has 116 valence electrons. The second-order valence-corrected chi connectivity index (χ2v) is 7.19. The molecule has 1 saturated heterocycles. The summed E-state index contributed by atoms with van der Waals surface area (Å²) < 4.78 is 0. The number of benzene rings is 1. The number of hydrogen-bond donors (Lipinski definition) is 1. The molecule has 0 radical (unpaired) electrons. The summed E-state index contributed by atoms with van der Waals surface area (Å²) in [7, 11) is 0. The number of carbonyl (C=O) groups excluding carboxylic acids is 1. The number of amides is 1. The van der Waals surface area contributed by atoms with E-state index in [0.29, 0.717) is 17.9 Å². The molecule has 1 aromatic rings. The van der Waals surface area contributed by atoms with Gasteiger partial charge in [0.1, 0.15) is 0 Å². The normalized spacial score (nSPS) is 20.2. The molecule has 3 nitrogen and oxygen atoms in total. The standard InChI is InChI=1S/C18H28N2O/c1-18(2,3)16-8-5-10-20(11-9-16)17(21)15-7-4-6-14(12-15)13-19/h4,6-7,12,16H,5,8-11,13,19H2,1-3H3. The lowest BCUT2D eigenvalue weighted by molar-refractivity contribution is 0.0755. The molecule has 1 unspecified atom stereocenters. The molecule has 1 fully saturated rings. The highest BCUT2D eigenvalue weighted by atomic mass is 16.2. The first-order valence-electron chi connectivity index (χ1n) is 8.00. The van der Waals surface area contributed by atoms with Gasteiger partial charge in [0, 0.05) is 25.2 Å². The highest BCUT2D eigenvalue weighted by molar-refractivity contribution is 5.94. The lowest BCUT2D eigenvalue weighted by atomic mass is 9.77. The van der Waals surface area contributed by atoms with Crippen LogP contribution < -0.4 is 5.73 Å². The molecule has 3 heteroatoms. The Labute approximate surface area is 128 Å². The Morgan fingerprint density at radius 2 is 2.05 bits per heavy atom. The van der Waals surface area contributed by atoms with Gasteiger partial charge in [-0.3, -0.25) is 4.79 Å². The van der Waals surface area contributed by atoms with Gasteiger partial charge in [0.15, 0.2) is 0 Å². The number of nitrogens with two attached hydrogens (primary N) is 1. The lowest BCUT2D eigenvalue weighted by Gasteiger charge is -2.29. The highest BCUT2D eigenvalue weighted by Gasteiger charge is 2.28. The van der Waals surface area contributed by atoms with Crippen LogP contribution in [-0.2, 0) is 6.54 Å². The fraction of sp³-hybridized carbons (Fsp3) is 0.611. The third-order valence-electron chi connectivity index (χ3n) is 4.65. The van der Waals surface area contributed by atoms with E-state index in [1.54, 1.807) is 0 Å². The zero-order chi connectivity index (χ0) is 15.5. The van der Waals surface area contributed by atoms with Crippen molar-refractivity contribution >= 4 is 5.91 Å². The fourth-order valence-electron chi connectivity index (χ4n) is 3.18. The van der Waals surface area contributed by atoms with Gasteiger partial charge in [0.05, 0.1) is 0 Å². The first kappa shape index (κ1) is 16.0. The molecule has 2 rings (SSSR count). The molecule has 0 aromatic heterocycles. The molecule has 1 heterocycles. The zero-order valence-electron chi connectivity index (χ0n) is 13.6. The molecule has 2 N–H and O–H groups in total. The number of nitrogens with zero attached hydrogens (tertiary/aromatic N) is 1. The monoisotopic (exact) mass is 288 g/mol. The van der Waals surface area contributed by atoms with Gasteiger partial charge in [-0.1, -0.05) is 32.9 Å². The molecule has 0 saturated carbocycles. The Morgan fingerprint density at radius 3 is 2.71 bits per heavy atom. The van der Waals surface area contributed by atoms with E-state index in [2.05, 4.69) is 20.8 Å². The van der Waals surface area contributed by atoms with Crippen LogP contribution in [0, 0.1) is 11.3 Å². The number of rotatable bonds is 2. The van der Waals surface area contributed by atoms with Crippen molar-refractivity contribution in [2.45, 2.75) is 46.6 Å². The molecule has 0 aliphatic carbocycles. The van der Waals surface area contributed by atoms with Crippen LogP contribution in [0.5, 0.6) is 0 Å². The molecule has 21 heavy (non-hydrogen) atoms. The minimum Gasteiger partial charge on any atom is -0.339 e. The highest BCUT2D eigenvalue weighted by Crippen LogP contribution is 2.34. The van der Waals surface area contributed by atoms with Crippen molar-refractivity contribution in [3.63, 3.8) is 0 Å². The predicted molar refractivity (Wildman–Crippen MR) is 87.0 cm³/mol. The summed E-state index contributed by atoms with van der Waals surface area (Å²) in [6.45, 7) is 9.14. The summed E-state index contributed by atoms with van der Waals surface area (Å²) in [4.78, 5) is 14.7. The number of hydrogen-bond acceptors (Lipinski definition) is 2. The van der Waals surface area contributed by atoms with Crippen molar-refractivity contribution in [2.24, 2.45) is 17.1 Å². The van der Waals surface area contributed by atoms with E-state index >= 15 is 0 Å². The van der Waals surface area contributed by atoms with Crippen molar-refractivity contribution in [3.05, 3.63) is 35.4 Å². The average molecular weight is 288 g/mol. The van der Waals surface area contributed by atoms with Crippen molar-refractivity contribution in [3.8, 4) is 0 Å². The van der Waals surface area contributed by atoms with Crippen LogP contribution in [0.15, 0.2) is 24.3 Å². The largest absolute Gasteiger partial charge is 0.339 e. The van der Waals surface area contributed by atoms with Gasteiger partial charge in [-0.25, -0.2) is 0 Å². The Hall–Kier alpha value is -1.35. The predicted octanol–water partition coefficient (Wildman–Crippen LogP) is 3.43. The van der Waals surface area contributed by atoms with Gasteiger partial charge >= 0.3 is 0 Å². The van der Waals surface area contributed by atoms with E-state index in [1.165, 1.54) is 6.42 Å². The topological polar surface area (TPSA) is 46.3 Å². The third-order valence-corrected chi connectivity index (χ3v) is 4.65. The maximum absolute atomic E-state index is 12.7. The minimum atomic E-state index is 0.153. The quantitative estimate of drug-likeness (QED) is 0.906. The Kier molecular flexibility index (Phi) is 5.04. The van der Waals surface area contributed by atoms with Crippen molar-refractivity contribution in [1.82, 2.24) is 4.90 Å². The molecule has 1 atom stereocenters. The van der Waals surface area contributed by atoms with Crippen LogP contribution in [-0.4, -0.2) is 23.9 Å². The van der Waals surface area contributed by atoms with Crippen LogP contribution in [0.3, 0.4) is 0 Å². The van der Waals surface area contributed by atoms with E-state index in [4.69, 9.17) is 5.73 Å². The van der Waals surface area contributed by atoms with Crippen LogP contribution in [0.2, 0.25) is 0 Å². The summed E-state index contributed by atoms with van der Waals surface area (Å²) in [5, 5.41) is 0. The first-order chi connectivity index (χ1) is 9.91. The maximum atomic E-state index is 12.7. The summed E-state index contributed by atoms with van der Waals surface area (Å²) in [6.07, 6.45) is 3.42. The SMILES string of the molecule is CC(C)(C)C1CCCN(C(=O)c2cccc(CN)c2)CC1. The second-order valence-electron chi connectivity index (χ2n) is 7.19. The maximum Gasteiger partial charge on any atom is 0.253 e. The van der Waals surface area contributed by atoms with Crippen molar-refractivity contribution in [2.75, 3.05) is 13.1 Å². The molecule has 1 amide bonds. The Bertz CT molecular complexity index is 490. The van der Waals surface area contributed by atoms with E-state index in [0.717, 1.165) is 37.1 Å². The molecule has 0 spiro atoms. The summed E-state index contributed by atoms with van der Waals surface area (Å²) in [5.74, 6) is 0.852. The van der Waals surface area contributed by atoms with Gasteiger partial charge in [-0.05, 0) is 48.3 Å². The Balaban J connectivity index is 2.06. The summed E-state index contributed by atoms with van der Waals surface area (Å²) in [5.41, 5.74) is 7.78. The third kappa shape index (κ3) is 4.07. The summed E-state index contributed by atoms with van der Waals surface area (Å²) >= 11 is 0. The van der Waals surface area contributed by atoms with Gasteiger partial charge < -0.3 is 10.6 Å². The van der Waals surface area contributed by atoms with Gasteiger partial charge in [-0.15, -0.1) is 0 Å². The number of carbonyl (C=O) groups is 1. The second kappa shape index (κ2) is 6.61. The smallest absolute Gasteiger partial charge is 0.253 e. The average Bonchev–Trinajstić information content (AvgIpc) is 2.72. The minimum absolute atomic E-state index is 0.153. The van der Waals surface area contributed by atoms with Crippen LogP contribution >= 0.6 is 0 Å². The molecule has 1 aliphatic rings. The summed E-state index contributed by atoms with van der Waals surface area (Å²) in [6, 6.07) is 7.71. The van der Waals surface area contributed by atoms with E-state index in [1.807, 2.05) is 29.2 Å². The van der Waals surface area contributed by atoms with Crippen LogP contribution in [0.1, 0.15) is 56.0 Å². The molecular weight excluding hydrogens is 260 g/mol. The van der Waals surface area contributed by atoms with E-state index in [9.17, 15) is 4.79 Å². The van der Waals surface area contributed by atoms with Gasteiger partial charge in [0.2, 0.25) is 0 Å². The molecular formula is C18H28N2O. The van der Waals surface area contributed by atoms with Crippen molar-refractivity contribution in [1.29, 1.82) is 0 Å². The van der Waals surface area contributed by atoms with Gasteiger partial charge in [0.25, 0.3) is 5.91 Å². The van der Waals surface area contributed by atoms with E-state index < -0.39 is 0 Å².